The lowest BCUT2D eigenvalue weighted by molar-refractivity contribution is 0.0355. The standard InChI is InChI=1S/C16H33NO2S/c1-3-4-5-6-7-8-11-19-13-15(18)12-17-14-16(20-2)9-10-16/h15,17-18H,3-14H2,1-2H3. The molecule has 1 unspecified atom stereocenters. The largest absolute Gasteiger partial charge is 0.389 e. The van der Waals surface area contributed by atoms with Gasteiger partial charge >= 0.3 is 0 Å². The van der Waals surface area contributed by atoms with Gasteiger partial charge < -0.3 is 15.2 Å². The second-order valence-electron chi connectivity index (χ2n) is 6.01. The number of unbranched alkanes of at least 4 members (excludes halogenated alkanes) is 5. The summed E-state index contributed by atoms with van der Waals surface area (Å²) in [6.45, 7) is 5.16. The molecule has 0 radical (unpaired) electrons. The molecule has 0 aromatic carbocycles. The van der Waals surface area contributed by atoms with E-state index in [1.807, 2.05) is 11.8 Å². The Balaban J connectivity index is 1.81. The van der Waals surface area contributed by atoms with Crippen LogP contribution in [0, 0.1) is 0 Å². The minimum Gasteiger partial charge on any atom is -0.389 e. The molecule has 0 aliphatic heterocycles. The summed E-state index contributed by atoms with van der Waals surface area (Å²) in [5, 5.41) is 13.2. The molecule has 0 amide bonds. The van der Waals surface area contributed by atoms with Gasteiger partial charge in [-0.1, -0.05) is 39.0 Å². The molecule has 120 valence electrons. The summed E-state index contributed by atoms with van der Waals surface area (Å²) in [4.78, 5) is 0. The van der Waals surface area contributed by atoms with Gasteiger partial charge in [-0.15, -0.1) is 0 Å². The molecule has 0 aromatic rings. The maximum Gasteiger partial charge on any atom is 0.0897 e. The molecule has 0 spiro atoms. The number of rotatable bonds is 14. The fourth-order valence-electron chi connectivity index (χ4n) is 2.32. The van der Waals surface area contributed by atoms with E-state index < -0.39 is 0 Å². The summed E-state index contributed by atoms with van der Waals surface area (Å²) < 4.78 is 6.00. The Morgan fingerprint density at radius 3 is 2.55 bits per heavy atom. The van der Waals surface area contributed by atoms with Gasteiger partial charge in [0.15, 0.2) is 0 Å². The topological polar surface area (TPSA) is 41.5 Å². The predicted octanol–water partition coefficient (Wildman–Crippen LogP) is 3.21. The summed E-state index contributed by atoms with van der Waals surface area (Å²) in [5.74, 6) is 0. The summed E-state index contributed by atoms with van der Waals surface area (Å²) >= 11 is 1.95. The van der Waals surface area contributed by atoms with E-state index in [-0.39, 0.29) is 6.10 Å². The number of thioether (sulfide) groups is 1. The lowest BCUT2D eigenvalue weighted by Gasteiger charge is -2.16. The third-order valence-electron chi connectivity index (χ3n) is 4.02. The first-order valence-electron chi connectivity index (χ1n) is 8.24. The number of aliphatic hydroxyl groups excluding tert-OH is 1. The lowest BCUT2D eigenvalue weighted by Crippen LogP contribution is -2.35. The molecule has 1 rings (SSSR count). The zero-order valence-corrected chi connectivity index (χ0v) is 14.1. The molecule has 4 heteroatoms. The second-order valence-corrected chi connectivity index (χ2v) is 7.29. The number of nitrogens with one attached hydrogen (secondary N) is 1. The highest BCUT2D eigenvalue weighted by atomic mass is 32.2. The van der Waals surface area contributed by atoms with Gasteiger partial charge in [-0.05, 0) is 25.5 Å². The maximum absolute atomic E-state index is 9.82. The van der Waals surface area contributed by atoms with Crippen molar-refractivity contribution in [3.8, 4) is 0 Å². The van der Waals surface area contributed by atoms with Crippen molar-refractivity contribution in [2.75, 3.05) is 32.6 Å². The molecule has 1 fully saturated rings. The van der Waals surface area contributed by atoms with E-state index >= 15 is 0 Å². The second kappa shape index (κ2) is 10.9. The van der Waals surface area contributed by atoms with Crippen LogP contribution in [0.15, 0.2) is 0 Å². The van der Waals surface area contributed by atoms with Gasteiger partial charge in [0.1, 0.15) is 0 Å². The third-order valence-corrected chi connectivity index (χ3v) is 5.44. The van der Waals surface area contributed by atoms with Gasteiger partial charge in [0.05, 0.1) is 12.7 Å². The first-order valence-corrected chi connectivity index (χ1v) is 9.46. The van der Waals surface area contributed by atoms with E-state index in [4.69, 9.17) is 4.74 Å². The molecule has 1 aliphatic carbocycles. The minimum atomic E-state index is -0.368. The zero-order chi connectivity index (χ0) is 14.7. The number of hydrogen-bond donors (Lipinski definition) is 2. The van der Waals surface area contributed by atoms with Crippen LogP contribution in [0.3, 0.4) is 0 Å². The van der Waals surface area contributed by atoms with Crippen molar-refractivity contribution in [2.24, 2.45) is 0 Å². The third kappa shape index (κ3) is 8.50. The lowest BCUT2D eigenvalue weighted by atomic mass is 10.1. The molecule has 0 saturated heterocycles. The van der Waals surface area contributed by atoms with Crippen molar-refractivity contribution < 1.29 is 9.84 Å². The summed E-state index contributed by atoms with van der Waals surface area (Å²) in [7, 11) is 0. The van der Waals surface area contributed by atoms with Crippen LogP contribution in [0.4, 0.5) is 0 Å². The van der Waals surface area contributed by atoms with Crippen LogP contribution in [-0.4, -0.2) is 48.5 Å². The Morgan fingerprint density at radius 2 is 1.90 bits per heavy atom. The van der Waals surface area contributed by atoms with E-state index in [1.165, 1.54) is 44.9 Å². The van der Waals surface area contributed by atoms with Crippen LogP contribution >= 0.6 is 11.8 Å². The normalized spacial score (nSPS) is 18.1. The van der Waals surface area contributed by atoms with E-state index in [0.717, 1.165) is 19.6 Å². The summed E-state index contributed by atoms with van der Waals surface area (Å²) in [5.41, 5.74) is 0. The Morgan fingerprint density at radius 1 is 1.20 bits per heavy atom. The first kappa shape index (κ1) is 18.3. The Kier molecular flexibility index (Phi) is 9.95. The molecular formula is C16H33NO2S. The minimum absolute atomic E-state index is 0.368. The fraction of sp³-hybridized carbons (Fsp3) is 1.00. The maximum atomic E-state index is 9.82. The molecule has 0 bridgehead atoms. The smallest absolute Gasteiger partial charge is 0.0897 e. The van der Waals surface area contributed by atoms with E-state index in [2.05, 4.69) is 18.5 Å². The molecule has 0 aromatic heterocycles. The monoisotopic (exact) mass is 303 g/mol. The number of ether oxygens (including phenoxy) is 1. The molecule has 1 atom stereocenters. The highest BCUT2D eigenvalue weighted by Gasteiger charge is 2.41. The molecule has 3 nitrogen and oxygen atoms in total. The Hall–Kier alpha value is 0.230. The van der Waals surface area contributed by atoms with Crippen molar-refractivity contribution in [3.63, 3.8) is 0 Å². The van der Waals surface area contributed by atoms with E-state index in [0.29, 0.717) is 17.9 Å². The Labute approximate surface area is 129 Å². The van der Waals surface area contributed by atoms with Crippen molar-refractivity contribution in [2.45, 2.75) is 69.1 Å². The number of hydrogen-bond acceptors (Lipinski definition) is 4. The van der Waals surface area contributed by atoms with E-state index in [9.17, 15) is 5.11 Å². The van der Waals surface area contributed by atoms with Gasteiger partial charge in [0.2, 0.25) is 0 Å². The van der Waals surface area contributed by atoms with Gasteiger partial charge in [-0.2, -0.15) is 11.8 Å². The molecule has 20 heavy (non-hydrogen) atoms. The zero-order valence-electron chi connectivity index (χ0n) is 13.3. The molecule has 1 saturated carbocycles. The van der Waals surface area contributed by atoms with Gasteiger partial charge in [-0.3, -0.25) is 0 Å². The average molecular weight is 304 g/mol. The predicted molar refractivity (Wildman–Crippen MR) is 88.6 cm³/mol. The fourth-order valence-corrected chi connectivity index (χ4v) is 3.08. The van der Waals surface area contributed by atoms with Gasteiger partial charge in [-0.25, -0.2) is 0 Å². The van der Waals surface area contributed by atoms with Crippen LogP contribution in [-0.2, 0) is 4.74 Å². The van der Waals surface area contributed by atoms with Gasteiger partial charge in [0.25, 0.3) is 0 Å². The summed E-state index contributed by atoms with van der Waals surface area (Å²) in [6.07, 6.45) is 12.1. The Bertz CT molecular complexity index is 235. The van der Waals surface area contributed by atoms with Crippen LogP contribution in [0.25, 0.3) is 0 Å². The molecule has 0 heterocycles. The van der Waals surface area contributed by atoms with Crippen molar-refractivity contribution in [1.29, 1.82) is 0 Å². The van der Waals surface area contributed by atoms with Crippen molar-refractivity contribution >= 4 is 11.8 Å². The van der Waals surface area contributed by atoms with E-state index in [1.54, 1.807) is 0 Å². The van der Waals surface area contributed by atoms with Crippen molar-refractivity contribution in [3.05, 3.63) is 0 Å². The number of aliphatic hydroxyl groups is 1. The van der Waals surface area contributed by atoms with Crippen LogP contribution < -0.4 is 5.32 Å². The quantitative estimate of drug-likeness (QED) is 0.484. The summed E-state index contributed by atoms with van der Waals surface area (Å²) in [6, 6.07) is 0. The molecule has 2 N–H and O–H groups in total. The van der Waals surface area contributed by atoms with Gasteiger partial charge in [0, 0.05) is 24.4 Å². The molecule has 1 aliphatic rings. The van der Waals surface area contributed by atoms with Crippen molar-refractivity contribution in [1.82, 2.24) is 5.32 Å². The SMILES string of the molecule is CCCCCCCCOCC(O)CNCC1(SC)CC1. The van der Waals surface area contributed by atoms with Crippen LogP contribution in [0.2, 0.25) is 0 Å². The molecular weight excluding hydrogens is 270 g/mol. The van der Waals surface area contributed by atoms with Crippen LogP contribution in [0.1, 0.15) is 58.3 Å². The van der Waals surface area contributed by atoms with Crippen LogP contribution in [0.5, 0.6) is 0 Å². The first-order chi connectivity index (χ1) is 9.72. The highest BCUT2D eigenvalue weighted by Crippen LogP contribution is 2.46. The highest BCUT2D eigenvalue weighted by molar-refractivity contribution is 8.00. The average Bonchev–Trinajstić information content (AvgIpc) is 3.22.